The number of halogens is 1. The fourth-order valence-electron chi connectivity index (χ4n) is 1.33. The van der Waals surface area contributed by atoms with E-state index in [0.717, 1.165) is 0 Å². The van der Waals surface area contributed by atoms with Crippen LogP contribution in [0.3, 0.4) is 0 Å². The molecule has 1 aromatic rings. The van der Waals surface area contributed by atoms with Gasteiger partial charge in [-0.3, -0.25) is 9.59 Å². The molecule has 2 N–H and O–H groups in total. The number of nitrogens with zero attached hydrogens (tertiary/aromatic N) is 1. The second kappa shape index (κ2) is 7.09. The van der Waals surface area contributed by atoms with Crippen molar-refractivity contribution in [3.05, 3.63) is 29.0 Å². The van der Waals surface area contributed by atoms with Gasteiger partial charge in [0, 0.05) is 6.54 Å². The van der Waals surface area contributed by atoms with Crippen molar-refractivity contribution in [2.24, 2.45) is 5.92 Å². The van der Waals surface area contributed by atoms with Crippen LogP contribution in [0.2, 0.25) is 5.15 Å². The van der Waals surface area contributed by atoms with Crippen LogP contribution in [0.4, 0.5) is 0 Å². The average Bonchev–Trinajstić information content (AvgIpc) is 2.35. The van der Waals surface area contributed by atoms with Crippen molar-refractivity contribution in [3.63, 3.8) is 0 Å². The first-order chi connectivity index (χ1) is 8.90. The third-order valence-electron chi connectivity index (χ3n) is 2.37. The molecule has 104 valence electrons. The van der Waals surface area contributed by atoms with Gasteiger partial charge in [0.25, 0.3) is 5.91 Å². The van der Waals surface area contributed by atoms with Crippen LogP contribution >= 0.6 is 11.6 Å². The predicted octanol–water partition coefficient (Wildman–Crippen LogP) is 1.63. The van der Waals surface area contributed by atoms with E-state index in [1.165, 1.54) is 0 Å². The van der Waals surface area contributed by atoms with E-state index in [1.807, 2.05) is 13.8 Å². The third-order valence-corrected chi connectivity index (χ3v) is 2.58. The molecule has 0 aliphatic heterocycles. The Balaban J connectivity index is 2.54. The summed E-state index contributed by atoms with van der Waals surface area (Å²) in [4.78, 5) is 27.4. The van der Waals surface area contributed by atoms with Gasteiger partial charge in [-0.1, -0.05) is 31.5 Å². The highest BCUT2D eigenvalue weighted by molar-refractivity contribution is 6.29. The van der Waals surface area contributed by atoms with Gasteiger partial charge in [0.15, 0.2) is 0 Å². The van der Waals surface area contributed by atoms with E-state index in [4.69, 9.17) is 11.6 Å². The Morgan fingerprint density at radius 1 is 1.32 bits per heavy atom. The fourth-order valence-corrected chi connectivity index (χ4v) is 1.49. The van der Waals surface area contributed by atoms with Crippen LogP contribution in [0.25, 0.3) is 0 Å². The maximum Gasteiger partial charge on any atom is 0.270 e. The third kappa shape index (κ3) is 5.26. The fraction of sp³-hybridized carbons (Fsp3) is 0.462. The van der Waals surface area contributed by atoms with Crippen molar-refractivity contribution in [3.8, 4) is 0 Å². The molecule has 6 heteroatoms. The molecule has 1 rings (SSSR count). The molecule has 1 unspecified atom stereocenters. The van der Waals surface area contributed by atoms with Gasteiger partial charge in [-0.05, 0) is 25.0 Å². The molecular weight excluding hydrogens is 266 g/mol. The lowest BCUT2D eigenvalue weighted by atomic mass is 10.2. The molecule has 0 spiro atoms. The highest BCUT2D eigenvalue weighted by Gasteiger charge is 2.17. The van der Waals surface area contributed by atoms with Gasteiger partial charge in [-0.15, -0.1) is 0 Å². The van der Waals surface area contributed by atoms with Gasteiger partial charge in [0.1, 0.15) is 16.9 Å². The topological polar surface area (TPSA) is 71.1 Å². The molecule has 1 aromatic heterocycles. The summed E-state index contributed by atoms with van der Waals surface area (Å²) in [6.45, 7) is 6.20. The van der Waals surface area contributed by atoms with Crippen LogP contribution in [0.15, 0.2) is 18.2 Å². The molecule has 0 saturated carbocycles. The maximum atomic E-state index is 11.8. The van der Waals surface area contributed by atoms with Crippen molar-refractivity contribution in [1.29, 1.82) is 0 Å². The first-order valence-corrected chi connectivity index (χ1v) is 6.49. The number of nitrogens with one attached hydrogen (secondary N) is 2. The summed E-state index contributed by atoms with van der Waals surface area (Å²) in [6.07, 6.45) is 0. The zero-order valence-electron chi connectivity index (χ0n) is 11.2. The van der Waals surface area contributed by atoms with Gasteiger partial charge >= 0.3 is 0 Å². The lowest BCUT2D eigenvalue weighted by Crippen LogP contribution is -2.45. The average molecular weight is 284 g/mol. The number of rotatable bonds is 5. The second-order valence-corrected chi connectivity index (χ2v) is 5.07. The molecule has 0 bridgehead atoms. The van der Waals surface area contributed by atoms with Crippen LogP contribution in [0, 0.1) is 5.92 Å². The monoisotopic (exact) mass is 283 g/mol. The van der Waals surface area contributed by atoms with Gasteiger partial charge in [-0.25, -0.2) is 4.98 Å². The molecule has 0 aliphatic carbocycles. The van der Waals surface area contributed by atoms with Crippen molar-refractivity contribution in [2.75, 3.05) is 6.54 Å². The molecule has 2 amide bonds. The molecule has 0 fully saturated rings. The van der Waals surface area contributed by atoms with Crippen molar-refractivity contribution in [2.45, 2.75) is 26.8 Å². The minimum atomic E-state index is -0.618. The summed E-state index contributed by atoms with van der Waals surface area (Å²) in [5.74, 6) is -0.278. The lowest BCUT2D eigenvalue weighted by Gasteiger charge is -2.15. The molecule has 0 aromatic carbocycles. The SMILES string of the molecule is CC(C)CNC(=O)C(C)NC(=O)c1cccc(Cl)n1. The van der Waals surface area contributed by atoms with Crippen LogP contribution in [-0.2, 0) is 4.79 Å². The summed E-state index contributed by atoms with van der Waals surface area (Å²) in [5, 5.41) is 5.57. The number of hydrogen-bond acceptors (Lipinski definition) is 3. The van der Waals surface area contributed by atoms with Crippen molar-refractivity contribution in [1.82, 2.24) is 15.6 Å². The number of hydrogen-bond donors (Lipinski definition) is 2. The molecule has 5 nitrogen and oxygen atoms in total. The molecule has 0 saturated heterocycles. The summed E-state index contributed by atoms with van der Waals surface area (Å²) in [7, 11) is 0. The standard InChI is InChI=1S/C13H18ClN3O2/c1-8(2)7-15-12(18)9(3)16-13(19)10-5-4-6-11(14)17-10/h4-6,8-9H,7H2,1-3H3,(H,15,18)(H,16,19). The molecule has 0 aliphatic rings. The number of carbonyl (C=O) groups is 2. The molecular formula is C13H18ClN3O2. The van der Waals surface area contributed by atoms with Gasteiger partial charge in [0.2, 0.25) is 5.91 Å². The van der Waals surface area contributed by atoms with E-state index in [-0.39, 0.29) is 16.8 Å². The Kier molecular flexibility index (Phi) is 5.76. The number of pyridine rings is 1. The molecule has 19 heavy (non-hydrogen) atoms. The van der Waals surface area contributed by atoms with Crippen LogP contribution in [0.5, 0.6) is 0 Å². The second-order valence-electron chi connectivity index (χ2n) is 4.68. The van der Waals surface area contributed by atoms with Gasteiger partial charge in [0.05, 0.1) is 0 Å². The summed E-state index contributed by atoms with van der Waals surface area (Å²) in [6, 6.07) is 4.14. The first kappa shape index (κ1) is 15.4. The number of aromatic nitrogens is 1. The molecule has 0 radical (unpaired) electrons. The van der Waals surface area contributed by atoms with E-state index in [1.54, 1.807) is 25.1 Å². The van der Waals surface area contributed by atoms with E-state index in [0.29, 0.717) is 12.5 Å². The number of amides is 2. The summed E-state index contributed by atoms with van der Waals surface area (Å²) in [5.41, 5.74) is 0.191. The first-order valence-electron chi connectivity index (χ1n) is 6.11. The van der Waals surface area contributed by atoms with Crippen molar-refractivity contribution >= 4 is 23.4 Å². The quantitative estimate of drug-likeness (QED) is 0.807. The zero-order chi connectivity index (χ0) is 14.4. The normalized spacial score (nSPS) is 12.1. The highest BCUT2D eigenvalue weighted by Crippen LogP contribution is 2.05. The van der Waals surface area contributed by atoms with E-state index >= 15 is 0 Å². The Morgan fingerprint density at radius 3 is 2.58 bits per heavy atom. The van der Waals surface area contributed by atoms with Crippen LogP contribution in [0.1, 0.15) is 31.3 Å². The maximum absolute atomic E-state index is 11.8. The van der Waals surface area contributed by atoms with Crippen molar-refractivity contribution < 1.29 is 9.59 Å². The van der Waals surface area contributed by atoms with Gasteiger partial charge in [-0.2, -0.15) is 0 Å². The summed E-state index contributed by atoms with van der Waals surface area (Å²) >= 11 is 5.70. The molecule has 1 atom stereocenters. The Morgan fingerprint density at radius 2 is 2.00 bits per heavy atom. The Labute approximate surface area is 117 Å². The van der Waals surface area contributed by atoms with Crippen LogP contribution in [-0.4, -0.2) is 29.4 Å². The van der Waals surface area contributed by atoms with E-state index in [9.17, 15) is 9.59 Å². The zero-order valence-corrected chi connectivity index (χ0v) is 12.0. The number of carbonyl (C=O) groups excluding carboxylic acids is 2. The predicted molar refractivity (Wildman–Crippen MR) is 74.0 cm³/mol. The van der Waals surface area contributed by atoms with E-state index in [2.05, 4.69) is 15.6 Å². The largest absolute Gasteiger partial charge is 0.354 e. The summed E-state index contributed by atoms with van der Waals surface area (Å²) < 4.78 is 0. The molecule has 1 heterocycles. The minimum absolute atomic E-state index is 0.191. The smallest absolute Gasteiger partial charge is 0.270 e. The Hall–Kier alpha value is -1.62. The minimum Gasteiger partial charge on any atom is -0.354 e. The van der Waals surface area contributed by atoms with Gasteiger partial charge < -0.3 is 10.6 Å². The highest BCUT2D eigenvalue weighted by atomic mass is 35.5. The lowest BCUT2D eigenvalue weighted by molar-refractivity contribution is -0.122. The Bertz CT molecular complexity index is 463. The van der Waals surface area contributed by atoms with Crippen LogP contribution < -0.4 is 10.6 Å². The van der Waals surface area contributed by atoms with E-state index < -0.39 is 11.9 Å².